The molecule has 1 N–H and O–H groups in total. The first-order valence-corrected chi connectivity index (χ1v) is 4.41. The quantitative estimate of drug-likeness (QED) is 0.847. The molecule has 1 amide bonds. The molecule has 0 saturated carbocycles. The van der Waals surface area contributed by atoms with E-state index >= 15 is 0 Å². The molecule has 0 atom stereocenters. The lowest BCUT2D eigenvalue weighted by molar-refractivity contribution is -0.184. The van der Waals surface area contributed by atoms with Crippen molar-refractivity contribution >= 4 is 5.91 Å². The van der Waals surface area contributed by atoms with Gasteiger partial charge in [0.2, 0.25) is 0 Å². The summed E-state index contributed by atoms with van der Waals surface area (Å²) in [7, 11) is 1.07. The summed E-state index contributed by atoms with van der Waals surface area (Å²) in [5, 5.41) is 8.97. The molecule has 0 aliphatic heterocycles. The number of carbonyl (C=O) groups is 1. The van der Waals surface area contributed by atoms with Crippen molar-refractivity contribution in [2.45, 2.75) is 12.7 Å². The minimum Gasteiger partial charge on any atom is -0.508 e. The standard InChI is InChI=1S/C10H10F3NO2/c1-14(9(16)10(11,12)13)6-7-2-4-8(15)5-3-7/h2-5,15H,6H2,1H3. The number of carbonyl (C=O) groups excluding carboxylic acids is 1. The second-order valence-corrected chi connectivity index (χ2v) is 3.33. The number of hydrogen-bond acceptors (Lipinski definition) is 2. The predicted molar refractivity (Wildman–Crippen MR) is 50.6 cm³/mol. The van der Waals surface area contributed by atoms with Crippen LogP contribution in [0.2, 0.25) is 0 Å². The molecule has 0 fully saturated rings. The van der Waals surface area contributed by atoms with E-state index in [-0.39, 0.29) is 12.3 Å². The molecule has 0 radical (unpaired) electrons. The van der Waals surface area contributed by atoms with Gasteiger partial charge in [-0.3, -0.25) is 4.79 Å². The molecule has 6 heteroatoms. The normalized spacial score (nSPS) is 11.2. The lowest BCUT2D eigenvalue weighted by atomic mass is 10.2. The number of phenols is 1. The molecular formula is C10H10F3NO2. The zero-order valence-corrected chi connectivity index (χ0v) is 8.45. The van der Waals surface area contributed by atoms with Gasteiger partial charge in [-0.15, -0.1) is 0 Å². The van der Waals surface area contributed by atoms with Crippen molar-refractivity contribution in [2.24, 2.45) is 0 Å². The summed E-state index contributed by atoms with van der Waals surface area (Å²) >= 11 is 0. The van der Waals surface area contributed by atoms with Crippen molar-refractivity contribution in [3.05, 3.63) is 29.8 Å². The van der Waals surface area contributed by atoms with Crippen LogP contribution in [0.5, 0.6) is 5.75 Å². The summed E-state index contributed by atoms with van der Waals surface area (Å²) in [4.78, 5) is 11.4. The Bertz CT molecular complexity index is 373. The smallest absolute Gasteiger partial charge is 0.471 e. The lowest BCUT2D eigenvalue weighted by Gasteiger charge is -2.18. The summed E-state index contributed by atoms with van der Waals surface area (Å²) < 4.78 is 36.1. The van der Waals surface area contributed by atoms with E-state index in [9.17, 15) is 18.0 Å². The van der Waals surface area contributed by atoms with E-state index in [1.54, 1.807) is 0 Å². The number of rotatable bonds is 2. The van der Waals surface area contributed by atoms with Crippen LogP contribution in [-0.4, -0.2) is 29.1 Å². The highest BCUT2D eigenvalue weighted by atomic mass is 19.4. The Labute approximate surface area is 90.1 Å². The maximum absolute atomic E-state index is 12.0. The number of hydrogen-bond donors (Lipinski definition) is 1. The number of aromatic hydroxyl groups is 1. The summed E-state index contributed by atoms with van der Waals surface area (Å²) in [5.74, 6) is -1.87. The largest absolute Gasteiger partial charge is 0.508 e. The van der Waals surface area contributed by atoms with Gasteiger partial charge in [0, 0.05) is 13.6 Å². The van der Waals surface area contributed by atoms with E-state index in [1.807, 2.05) is 0 Å². The molecule has 0 spiro atoms. The SMILES string of the molecule is CN(Cc1ccc(O)cc1)C(=O)C(F)(F)F. The molecule has 0 heterocycles. The topological polar surface area (TPSA) is 40.5 Å². The summed E-state index contributed by atoms with van der Waals surface area (Å²) in [5.41, 5.74) is 0.512. The van der Waals surface area contributed by atoms with Crippen LogP contribution in [0.3, 0.4) is 0 Å². The highest BCUT2D eigenvalue weighted by Gasteiger charge is 2.41. The zero-order valence-electron chi connectivity index (χ0n) is 8.45. The van der Waals surface area contributed by atoms with Crippen LogP contribution < -0.4 is 0 Å². The second-order valence-electron chi connectivity index (χ2n) is 3.33. The minimum absolute atomic E-state index is 0.0218. The average molecular weight is 233 g/mol. The number of halogens is 3. The summed E-state index contributed by atoms with van der Waals surface area (Å²) in [6.07, 6.45) is -4.86. The van der Waals surface area contributed by atoms with Gasteiger partial charge in [0.15, 0.2) is 0 Å². The zero-order chi connectivity index (χ0) is 12.3. The Kier molecular flexibility index (Phi) is 3.41. The maximum Gasteiger partial charge on any atom is 0.471 e. The summed E-state index contributed by atoms with van der Waals surface area (Å²) in [6, 6.07) is 5.60. The van der Waals surface area contributed by atoms with Crippen LogP contribution in [0.15, 0.2) is 24.3 Å². The van der Waals surface area contributed by atoms with Crippen LogP contribution >= 0.6 is 0 Å². The lowest BCUT2D eigenvalue weighted by Crippen LogP contribution is -2.37. The second kappa shape index (κ2) is 4.42. The maximum atomic E-state index is 12.0. The third-order valence-corrected chi connectivity index (χ3v) is 1.95. The van der Waals surface area contributed by atoms with Gasteiger partial charge in [-0.05, 0) is 17.7 Å². The van der Waals surface area contributed by atoms with Crippen LogP contribution in [-0.2, 0) is 11.3 Å². The van der Waals surface area contributed by atoms with Gasteiger partial charge in [0.05, 0.1) is 0 Å². The van der Waals surface area contributed by atoms with Crippen LogP contribution in [0.4, 0.5) is 13.2 Å². The van der Waals surface area contributed by atoms with Gasteiger partial charge in [-0.25, -0.2) is 0 Å². The van der Waals surface area contributed by atoms with Crippen LogP contribution in [0.25, 0.3) is 0 Å². The third kappa shape index (κ3) is 3.15. The van der Waals surface area contributed by atoms with E-state index in [0.717, 1.165) is 7.05 Å². The van der Waals surface area contributed by atoms with Crippen LogP contribution in [0.1, 0.15) is 5.56 Å². The Morgan fingerprint density at radius 3 is 2.25 bits per heavy atom. The molecule has 16 heavy (non-hydrogen) atoms. The molecule has 88 valence electrons. The molecular weight excluding hydrogens is 223 g/mol. The molecule has 0 aromatic heterocycles. The molecule has 0 aliphatic carbocycles. The molecule has 1 aromatic carbocycles. The van der Waals surface area contributed by atoms with Crippen molar-refractivity contribution in [1.29, 1.82) is 0 Å². The predicted octanol–water partition coefficient (Wildman–Crippen LogP) is 1.91. The van der Waals surface area contributed by atoms with E-state index in [2.05, 4.69) is 0 Å². The van der Waals surface area contributed by atoms with Crippen molar-refractivity contribution in [2.75, 3.05) is 7.05 Å². The number of amides is 1. The minimum atomic E-state index is -4.86. The molecule has 0 bridgehead atoms. The Balaban J connectivity index is 2.68. The van der Waals surface area contributed by atoms with Crippen molar-refractivity contribution < 1.29 is 23.1 Å². The van der Waals surface area contributed by atoms with Crippen LogP contribution in [0, 0.1) is 0 Å². The number of phenolic OH excluding ortho intramolecular Hbond substituents is 1. The molecule has 0 saturated heterocycles. The number of alkyl halides is 3. The highest BCUT2D eigenvalue weighted by molar-refractivity contribution is 5.81. The molecule has 0 unspecified atom stereocenters. The van der Waals surface area contributed by atoms with E-state index in [1.165, 1.54) is 24.3 Å². The first-order valence-electron chi connectivity index (χ1n) is 4.41. The monoisotopic (exact) mass is 233 g/mol. The van der Waals surface area contributed by atoms with E-state index in [4.69, 9.17) is 5.11 Å². The first-order chi connectivity index (χ1) is 7.30. The molecule has 1 rings (SSSR count). The summed E-state index contributed by atoms with van der Waals surface area (Å²) in [6.45, 7) is -0.154. The fraction of sp³-hybridized carbons (Fsp3) is 0.300. The van der Waals surface area contributed by atoms with E-state index < -0.39 is 12.1 Å². The Morgan fingerprint density at radius 1 is 1.31 bits per heavy atom. The number of benzene rings is 1. The van der Waals surface area contributed by atoms with Crippen molar-refractivity contribution in [3.8, 4) is 5.75 Å². The van der Waals surface area contributed by atoms with Gasteiger partial charge in [-0.1, -0.05) is 12.1 Å². The Hall–Kier alpha value is -1.72. The third-order valence-electron chi connectivity index (χ3n) is 1.95. The molecule has 1 aromatic rings. The van der Waals surface area contributed by atoms with Gasteiger partial charge in [0.25, 0.3) is 0 Å². The molecule has 3 nitrogen and oxygen atoms in total. The highest BCUT2D eigenvalue weighted by Crippen LogP contribution is 2.19. The van der Waals surface area contributed by atoms with Crippen molar-refractivity contribution in [1.82, 2.24) is 4.90 Å². The van der Waals surface area contributed by atoms with Gasteiger partial charge < -0.3 is 10.0 Å². The van der Waals surface area contributed by atoms with Gasteiger partial charge in [0.1, 0.15) is 5.75 Å². The molecule has 0 aliphatic rings. The Morgan fingerprint density at radius 2 is 1.81 bits per heavy atom. The fourth-order valence-electron chi connectivity index (χ4n) is 1.16. The van der Waals surface area contributed by atoms with Gasteiger partial charge >= 0.3 is 12.1 Å². The van der Waals surface area contributed by atoms with Crippen molar-refractivity contribution in [3.63, 3.8) is 0 Å². The average Bonchev–Trinajstić information content (AvgIpc) is 2.19. The van der Waals surface area contributed by atoms with E-state index in [0.29, 0.717) is 10.5 Å². The fourth-order valence-corrected chi connectivity index (χ4v) is 1.16. The van der Waals surface area contributed by atoms with Gasteiger partial charge in [-0.2, -0.15) is 13.2 Å². The first kappa shape index (κ1) is 12.4. The number of nitrogens with zero attached hydrogens (tertiary/aromatic N) is 1.